The number of carboxylic acid groups (broad SMARTS) is 1. The molecule has 0 aliphatic heterocycles. The van der Waals surface area contributed by atoms with Crippen LogP contribution in [0.3, 0.4) is 0 Å². The molecular weight excluding hydrogens is 322 g/mol. The number of fused-ring (bicyclic) bond motifs is 1. The summed E-state index contributed by atoms with van der Waals surface area (Å²) >= 11 is 1.52. The third kappa shape index (κ3) is 3.21. The summed E-state index contributed by atoms with van der Waals surface area (Å²) in [5, 5.41) is 11.2. The highest BCUT2D eigenvalue weighted by atomic mass is 32.2. The Morgan fingerprint density at radius 1 is 1.21 bits per heavy atom. The number of aromatic carboxylic acids is 1. The molecule has 0 saturated carbocycles. The Bertz CT molecular complexity index is 908. The van der Waals surface area contributed by atoms with Crippen molar-refractivity contribution < 1.29 is 14.6 Å². The molecule has 3 rings (SSSR count). The van der Waals surface area contributed by atoms with E-state index in [1.807, 2.05) is 43.3 Å². The van der Waals surface area contributed by atoms with Gasteiger partial charge in [-0.3, -0.25) is 0 Å². The van der Waals surface area contributed by atoms with Crippen LogP contribution in [0.1, 0.15) is 21.5 Å². The predicted molar refractivity (Wildman–Crippen MR) is 96.0 cm³/mol. The summed E-state index contributed by atoms with van der Waals surface area (Å²) in [6, 6.07) is 14.9. The first-order chi connectivity index (χ1) is 11.6. The van der Waals surface area contributed by atoms with E-state index in [0.717, 1.165) is 32.8 Å². The topological polar surface area (TPSA) is 59.4 Å². The van der Waals surface area contributed by atoms with Crippen molar-refractivity contribution in [1.29, 1.82) is 0 Å². The van der Waals surface area contributed by atoms with Crippen molar-refractivity contribution >= 4 is 28.6 Å². The number of para-hydroxylation sites is 1. The number of methoxy groups -OCH3 is 1. The second kappa shape index (κ2) is 6.93. The van der Waals surface area contributed by atoms with Crippen molar-refractivity contribution in [2.24, 2.45) is 0 Å². The number of thioether (sulfide) groups is 1. The van der Waals surface area contributed by atoms with E-state index in [2.05, 4.69) is 4.98 Å². The molecule has 2 aromatic carbocycles. The van der Waals surface area contributed by atoms with Crippen LogP contribution in [0, 0.1) is 6.92 Å². The smallest absolute Gasteiger partial charge is 0.335 e. The number of carbonyl (C=O) groups is 1. The summed E-state index contributed by atoms with van der Waals surface area (Å²) in [5.41, 5.74) is 3.07. The SMILES string of the molecule is COc1cccc2c(C)cc(SCc3ccccc3C(=O)O)nc12. The number of ether oxygens (including phenoxy) is 1. The van der Waals surface area contributed by atoms with E-state index in [1.54, 1.807) is 19.2 Å². The molecule has 1 aromatic heterocycles. The number of hydrogen-bond acceptors (Lipinski definition) is 4. The van der Waals surface area contributed by atoms with Crippen molar-refractivity contribution in [3.8, 4) is 5.75 Å². The minimum Gasteiger partial charge on any atom is -0.494 e. The van der Waals surface area contributed by atoms with Gasteiger partial charge in [-0.15, -0.1) is 11.8 Å². The van der Waals surface area contributed by atoms with Crippen LogP contribution in [-0.4, -0.2) is 23.2 Å². The molecule has 24 heavy (non-hydrogen) atoms. The summed E-state index contributed by atoms with van der Waals surface area (Å²) in [7, 11) is 1.63. The summed E-state index contributed by atoms with van der Waals surface area (Å²) in [6.07, 6.45) is 0. The van der Waals surface area contributed by atoms with Crippen molar-refractivity contribution in [3.63, 3.8) is 0 Å². The Balaban J connectivity index is 1.93. The lowest BCUT2D eigenvalue weighted by Gasteiger charge is -2.10. The molecule has 122 valence electrons. The molecular formula is C19H17NO3S. The molecule has 0 unspecified atom stereocenters. The van der Waals surface area contributed by atoms with Gasteiger partial charge in [-0.05, 0) is 36.2 Å². The number of rotatable bonds is 5. The van der Waals surface area contributed by atoms with Crippen molar-refractivity contribution in [2.45, 2.75) is 17.7 Å². The molecule has 0 amide bonds. The maximum atomic E-state index is 11.3. The third-order valence-corrected chi connectivity index (χ3v) is 4.79. The molecule has 0 fully saturated rings. The van der Waals surface area contributed by atoms with Crippen LogP contribution >= 0.6 is 11.8 Å². The Kier molecular flexibility index (Phi) is 4.71. The Labute approximate surface area is 144 Å². The van der Waals surface area contributed by atoms with Gasteiger partial charge >= 0.3 is 5.97 Å². The zero-order valence-corrected chi connectivity index (χ0v) is 14.3. The number of pyridine rings is 1. The predicted octanol–water partition coefficient (Wildman–Crippen LogP) is 4.54. The van der Waals surface area contributed by atoms with E-state index < -0.39 is 5.97 Å². The lowest BCUT2D eigenvalue weighted by Crippen LogP contribution is -2.01. The van der Waals surface area contributed by atoms with Gasteiger partial charge < -0.3 is 9.84 Å². The first-order valence-electron chi connectivity index (χ1n) is 7.48. The molecule has 4 nitrogen and oxygen atoms in total. The standard InChI is InChI=1S/C19H17NO3S/c1-12-10-17(20-18-14(12)8-5-9-16(18)23-2)24-11-13-6-3-4-7-15(13)19(21)22/h3-10H,11H2,1-2H3,(H,21,22). The van der Waals surface area contributed by atoms with E-state index in [1.165, 1.54) is 11.8 Å². The van der Waals surface area contributed by atoms with Crippen LogP contribution in [-0.2, 0) is 5.75 Å². The average Bonchev–Trinajstić information content (AvgIpc) is 2.59. The molecule has 5 heteroatoms. The molecule has 1 N–H and O–H groups in total. The van der Waals surface area contributed by atoms with E-state index in [0.29, 0.717) is 11.3 Å². The first-order valence-corrected chi connectivity index (χ1v) is 8.47. The van der Waals surface area contributed by atoms with Crippen LogP contribution in [0.5, 0.6) is 5.75 Å². The van der Waals surface area contributed by atoms with Crippen LogP contribution in [0.2, 0.25) is 0 Å². The van der Waals surface area contributed by atoms with Gasteiger partial charge in [-0.25, -0.2) is 9.78 Å². The van der Waals surface area contributed by atoms with Gasteiger partial charge in [-0.1, -0.05) is 30.3 Å². The van der Waals surface area contributed by atoms with Gasteiger partial charge in [0.2, 0.25) is 0 Å². The fraction of sp³-hybridized carbons (Fsp3) is 0.158. The monoisotopic (exact) mass is 339 g/mol. The Hall–Kier alpha value is -2.53. The largest absolute Gasteiger partial charge is 0.494 e. The highest BCUT2D eigenvalue weighted by Crippen LogP contribution is 2.31. The lowest BCUT2D eigenvalue weighted by atomic mass is 10.1. The number of nitrogens with zero attached hydrogens (tertiary/aromatic N) is 1. The van der Waals surface area contributed by atoms with Crippen LogP contribution < -0.4 is 4.74 Å². The summed E-state index contributed by atoms with van der Waals surface area (Å²) < 4.78 is 5.40. The zero-order valence-electron chi connectivity index (χ0n) is 13.4. The van der Waals surface area contributed by atoms with Crippen LogP contribution in [0.4, 0.5) is 0 Å². The number of hydrogen-bond donors (Lipinski definition) is 1. The van der Waals surface area contributed by atoms with E-state index in [-0.39, 0.29) is 0 Å². The molecule has 0 aliphatic carbocycles. The van der Waals surface area contributed by atoms with Gasteiger partial charge in [-0.2, -0.15) is 0 Å². The van der Waals surface area contributed by atoms with Crippen LogP contribution in [0.15, 0.2) is 53.6 Å². The molecule has 0 saturated heterocycles. The first kappa shape index (κ1) is 16.3. The fourth-order valence-electron chi connectivity index (χ4n) is 2.61. The molecule has 0 bridgehead atoms. The van der Waals surface area contributed by atoms with Crippen molar-refractivity contribution in [2.75, 3.05) is 7.11 Å². The molecule has 0 radical (unpaired) electrons. The maximum absolute atomic E-state index is 11.3. The highest BCUT2D eigenvalue weighted by Gasteiger charge is 2.11. The van der Waals surface area contributed by atoms with E-state index in [4.69, 9.17) is 4.74 Å². The lowest BCUT2D eigenvalue weighted by molar-refractivity contribution is 0.0696. The second-order valence-corrected chi connectivity index (χ2v) is 6.38. The van der Waals surface area contributed by atoms with Gasteiger partial charge in [0.05, 0.1) is 17.7 Å². The number of aromatic nitrogens is 1. The quantitative estimate of drug-likeness (QED) is 0.691. The molecule has 0 atom stereocenters. The summed E-state index contributed by atoms with van der Waals surface area (Å²) in [5.74, 6) is 0.384. The van der Waals surface area contributed by atoms with Crippen molar-refractivity contribution in [3.05, 3.63) is 65.2 Å². The van der Waals surface area contributed by atoms with Gasteiger partial charge in [0.15, 0.2) is 0 Å². The van der Waals surface area contributed by atoms with Crippen LogP contribution in [0.25, 0.3) is 10.9 Å². The molecule has 3 aromatic rings. The highest BCUT2D eigenvalue weighted by molar-refractivity contribution is 7.98. The number of carboxylic acids is 1. The molecule has 0 spiro atoms. The van der Waals surface area contributed by atoms with E-state index >= 15 is 0 Å². The van der Waals surface area contributed by atoms with Gasteiger partial charge in [0, 0.05) is 11.1 Å². The fourth-order valence-corrected chi connectivity index (χ4v) is 3.58. The summed E-state index contributed by atoms with van der Waals surface area (Å²) in [4.78, 5) is 16.0. The van der Waals surface area contributed by atoms with Gasteiger partial charge in [0.25, 0.3) is 0 Å². The minimum absolute atomic E-state index is 0.333. The number of benzene rings is 2. The Morgan fingerprint density at radius 2 is 2.00 bits per heavy atom. The maximum Gasteiger partial charge on any atom is 0.335 e. The second-order valence-electron chi connectivity index (χ2n) is 5.38. The Morgan fingerprint density at radius 3 is 2.75 bits per heavy atom. The van der Waals surface area contributed by atoms with E-state index in [9.17, 15) is 9.90 Å². The summed E-state index contributed by atoms with van der Waals surface area (Å²) in [6.45, 7) is 2.04. The minimum atomic E-state index is -0.907. The molecule has 1 heterocycles. The average molecular weight is 339 g/mol. The number of aryl methyl sites for hydroxylation is 1. The van der Waals surface area contributed by atoms with Gasteiger partial charge in [0.1, 0.15) is 11.3 Å². The third-order valence-electron chi connectivity index (χ3n) is 3.83. The normalized spacial score (nSPS) is 10.8. The van der Waals surface area contributed by atoms with Crippen molar-refractivity contribution in [1.82, 2.24) is 4.98 Å². The zero-order chi connectivity index (χ0) is 17.1. The molecule has 0 aliphatic rings.